The molecule has 0 aliphatic heterocycles. The van der Waals surface area contributed by atoms with Gasteiger partial charge in [-0.05, 0) is 52.3 Å². The molecule has 3 rings (SSSR count). The standard InChI is InChI=1S/C26H31FN4O5/c1-16(2)36-21-12-11-19(13-20(21)27)28-23-29-24(33)31(15-26(4,5)22(32)35-6)25(34)30(23)14-18-9-7-17(3)8-10-18/h7-13,16H,14-15H2,1-6H3,(H,28,29,33). The van der Waals surface area contributed by atoms with Crippen LogP contribution in [-0.2, 0) is 22.6 Å². The van der Waals surface area contributed by atoms with Gasteiger partial charge in [-0.15, -0.1) is 0 Å². The summed E-state index contributed by atoms with van der Waals surface area (Å²) in [5.41, 5.74) is -0.551. The zero-order valence-corrected chi connectivity index (χ0v) is 21.3. The summed E-state index contributed by atoms with van der Waals surface area (Å²) >= 11 is 0. The number of aryl methyl sites for hydroxylation is 1. The van der Waals surface area contributed by atoms with Gasteiger partial charge in [-0.1, -0.05) is 29.8 Å². The van der Waals surface area contributed by atoms with Crippen LogP contribution in [0.1, 0.15) is 38.8 Å². The molecule has 2 aromatic carbocycles. The predicted molar refractivity (Wildman–Crippen MR) is 134 cm³/mol. The molecule has 0 radical (unpaired) electrons. The molecule has 0 spiro atoms. The molecule has 3 aromatic rings. The third-order valence-electron chi connectivity index (χ3n) is 5.45. The fourth-order valence-corrected chi connectivity index (χ4v) is 3.57. The smallest absolute Gasteiger partial charge is 0.354 e. The van der Waals surface area contributed by atoms with E-state index in [0.717, 1.165) is 15.7 Å². The molecule has 0 aliphatic rings. The van der Waals surface area contributed by atoms with Crippen LogP contribution in [0.2, 0.25) is 0 Å². The van der Waals surface area contributed by atoms with Gasteiger partial charge in [-0.3, -0.25) is 9.36 Å². The first kappa shape index (κ1) is 26.7. The van der Waals surface area contributed by atoms with E-state index in [-0.39, 0.29) is 36.6 Å². The van der Waals surface area contributed by atoms with Crippen molar-refractivity contribution in [3.63, 3.8) is 0 Å². The normalized spacial score (nSPS) is 11.4. The van der Waals surface area contributed by atoms with Gasteiger partial charge in [0.25, 0.3) is 0 Å². The Bertz CT molecular complexity index is 1360. The Kier molecular flexibility index (Phi) is 7.96. The number of nitrogens with zero attached hydrogens (tertiary/aromatic N) is 3. The van der Waals surface area contributed by atoms with Gasteiger partial charge in [0.2, 0.25) is 5.95 Å². The molecule has 9 nitrogen and oxygen atoms in total. The van der Waals surface area contributed by atoms with Crippen LogP contribution in [0.3, 0.4) is 0 Å². The first-order chi connectivity index (χ1) is 16.9. The second kappa shape index (κ2) is 10.8. The number of methoxy groups -OCH3 is 1. The molecule has 36 heavy (non-hydrogen) atoms. The van der Waals surface area contributed by atoms with Gasteiger partial charge in [0.1, 0.15) is 0 Å². The highest BCUT2D eigenvalue weighted by molar-refractivity contribution is 5.75. The Labute approximate surface area is 208 Å². The first-order valence-electron chi connectivity index (χ1n) is 11.5. The van der Waals surface area contributed by atoms with Crippen LogP contribution in [0.25, 0.3) is 0 Å². The summed E-state index contributed by atoms with van der Waals surface area (Å²) in [4.78, 5) is 42.6. The number of ether oxygens (including phenoxy) is 2. The zero-order chi connectivity index (χ0) is 26.6. The van der Waals surface area contributed by atoms with Gasteiger partial charge < -0.3 is 14.8 Å². The van der Waals surface area contributed by atoms with Gasteiger partial charge in [0.15, 0.2) is 11.6 Å². The summed E-state index contributed by atoms with van der Waals surface area (Å²) in [5, 5.41) is 2.88. The maximum atomic E-state index is 14.6. The van der Waals surface area contributed by atoms with Gasteiger partial charge in [0, 0.05) is 18.3 Å². The molecule has 1 aromatic heterocycles. The monoisotopic (exact) mass is 498 g/mol. The summed E-state index contributed by atoms with van der Waals surface area (Å²) < 4.78 is 27.0. The topological polar surface area (TPSA) is 104 Å². The fraction of sp³-hybridized carbons (Fsp3) is 0.385. The van der Waals surface area contributed by atoms with Crippen LogP contribution in [0.15, 0.2) is 52.1 Å². The summed E-state index contributed by atoms with van der Waals surface area (Å²) in [5.74, 6) is -1.15. The van der Waals surface area contributed by atoms with E-state index in [0.29, 0.717) is 0 Å². The first-order valence-corrected chi connectivity index (χ1v) is 11.5. The highest BCUT2D eigenvalue weighted by Gasteiger charge is 2.31. The third kappa shape index (κ3) is 6.18. The van der Waals surface area contributed by atoms with Crippen LogP contribution in [-0.4, -0.2) is 33.3 Å². The molecule has 0 atom stereocenters. The summed E-state index contributed by atoms with van der Waals surface area (Å²) in [7, 11) is 1.24. The average Bonchev–Trinajstić information content (AvgIpc) is 2.81. The number of carbonyl (C=O) groups is 1. The van der Waals surface area contributed by atoms with Crippen molar-refractivity contribution in [2.75, 3.05) is 12.4 Å². The van der Waals surface area contributed by atoms with Gasteiger partial charge in [0.05, 0.1) is 25.2 Å². The number of hydrogen-bond acceptors (Lipinski definition) is 7. The largest absolute Gasteiger partial charge is 0.488 e. The van der Waals surface area contributed by atoms with Crippen molar-refractivity contribution in [2.45, 2.75) is 53.8 Å². The number of carbonyl (C=O) groups excluding carboxylic acids is 1. The van der Waals surface area contributed by atoms with Crippen molar-refractivity contribution in [1.82, 2.24) is 14.1 Å². The summed E-state index contributed by atoms with van der Waals surface area (Å²) in [6, 6.07) is 11.7. The van der Waals surface area contributed by atoms with Crippen LogP contribution in [0, 0.1) is 18.2 Å². The molecule has 192 valence electrons. The molecule has 1 N–H and O–H groups in total. The van der Waals surface area contributed by atoms with E-state index in [1.165, 1.54) is 23.8 Å². The van der Waals surface area contributed by atoms with Gasteiger partial charge in [-0.2, -0.15) is 4.98 Å². The molecule has 10 heteroatoms. The predicted octanol–water partition coefficient (Wildman–Crippen LogP) is 3.63. The maximum absolute atomic E-state index is 14.6. The minimum atomic E-state index is -1.15. The summed E-state index contributed by atoms with van der Waals surface area (Å²) in [6.45, 7) is 8.53. The number of hydrogen-bond donors (Lipinski definition) is 1. The quantitative estimate of drug-likeness (QED) is 0.449. The lowest BCUT2D eigenvalue weighted by molar-refractivity contribution is -0.151. The molecule has 0 bridgehead atoms. The lowest BCUT2D eigenvalue weighted by atomic mass is 9.94. The Balaban J connectivity index is 2.08. The van der Waals surface area contributed by atoms with Crippen molar-refractivity contribution >= 4 is 17.6 Å². The van der Waals surface area contributed by atoms with Crippen LogP contribution in [0.5, 0.6) is 5.75 Å². The van der Waals surface area contributed by atoms with E-state index in [1.54, 1.807) is 33.8 Å². The molecule has 0 saturated carbocycles. The summed E-state index contributed by atoms with van der Waals surface area (Å²) in [6.07, 6.45) is -0.207. The van der Waals surface area contributed by atoms with E-state index < -0.39 is 28.6 Å². The van der Waals surface area contributed by atoms with Gasteiger partial charge >= 0.3 is 17.3 Å². The average molecular weight is 499 g/mol. The van der Waals surface area contributed by atoms with E-state index in [1.807, 2.05) is 31.2 Å². The Morgan fingerprint density at radius 1 is 1.11 bits per heavy atom. The molecule has 0 aliphatic carbocycles. The number of anilines is 2. The van der Waals surface area contributed by atoms with Gasteiger partial charge in [-0.25, -0.2) is 18.5 Å². The number of nitrogens with one attached hydrogen (secondary N) is 1. The Morgan fingerprint density at radius 2 is 1.78 bits per heavy atom. The van der Waals surface area contributed by atoms with E-state index in [9.17, 15) is 18.8 Å². The van der Waals surface area contributed by atoms with Crippen molar-refractivity contribution in [3.8, 4) is 5.75 Å². The lowest BCUT2D eigenvalue weighted by Gasteiger charge is -2.23. The minimum absolute atomic E-state index is 0.0605. The Hall–Kier alpha value is -3.95. The maximum Gasteiger partial charge on any atom is 0.354 e. The van der Waals surface area contributed by atoms with E-state index in [2.05, 4.69) is 10.3 Å². The number of aromatic nitrogens is 3. The molecule has 1 heterocycles. The number of esters is 1. The van der Waals surface area contributed by atoms with Crippen molar-refractivity contribution in [1.29, 1.82) is 0 Å². The molecule has 0 saturated heterocycles. The van der Waals surface area contributed by atoms with Crippen molar-refractivity contribution in [3.05, 3.63) is 80.4 Å². The second-order valence-corrected chi connectivity index (χ2v) is 9.47. The lowest BCUT2D eigenvalue weighted by Crippen LogP contribution is -2.46. The van der Waals surface area contributed by atoms with Crippen LogP contribution >= 0.6 is 0 Å². The molecule has 0 amide bonds. The molecule has 0 unspecified atom stereocenters. The SMILES string of the molecule is COC(=O)C(C)(C)Cn1c(=O)nc(Nc2ccc(OC(C)C)c(F)c2)n(Cc2ccc(C)cc2)c1=O. The third-order valence-corrected chi connectivity index (χ3v) is 5.45. The van der Waals surface area contributed by atoms with E-state index in [4.69, 9.17) is 9.47 Å². The fourth-order valence-electron chi connectivity index (χ4n) is 3.57. The Morgan fingerprint density at radius 3 is 2.36 bits per heavy atom. The second-order valence-electron chi connectivity index (χ2n) is 9.47. The van der Waals surface area contributed by atoms with Crippen LogP contribution in [0.4, 0.5) is 16.0 Å². The number of benzene rings is 2. The zero-order valence-electron chi connectivity index (χ0n) is 21.3. The highest BCUT2D eigenvalue weighted by atomic mass is 19.1. The molecular weight excluding hydrogens is 467 g/mol. The number of rotatable bonds is 9. The van der Waals surface area contributed by atoms with Crippen molar-refractivity contribution in [2.24, 2.45) is 5.41 Å². The van der Waals surface area contributed by atoms with Crippen molar-refractivity contribution < 1.29 is 18.7 Å². The van der Waals surface area contributed by atoms with Crippen LogP contribution < -0.4 is 21.4 Å². The number of halogens is 1. The highest BCUT2D eigenvalue weighted by Crippen LogP contribution is 2.24. The molecule has 0 fully saturated rings. The molecular formula is C26H31FN4O5. The van der Waals surface area contributed by atoms with E-state index >= 15 is 0 Å². The minimum Gasteiger partial charge on any atom is -0.488 e.